The van der Waals surface area contributed by atoms with Crippen molar-refractivity contribution in [2.45, 2.75) is 13.8 Å². The second-order valence-corrected chi connectivity index (χ2v) is 7.34. The van der Waals surface area contributed by atoms with E-state index in [2.05, 4.69) is 15.9 Å². The number of benzene rings is 2. The Balaban J connectivity index is 1.93. The van der Waals surface area contributed by atoms with Gasteiger partial charge in [0.2, 0.25) is 16.9 Å². The third kappa shape index (κ3) is 3.27. The van der Waals surface area contributed by atoms with Crippen LogP contribution >= 0.6 is 15.9 Å². The van der Waals surface area contributed by atoms with Crippen molar-refractivity contribution in [2.75, 3.05) is 0 Å². The van der Waals surface area contributed by atoms with Gasteiger partial charge in [0.05, 0.1) is 17.2 Å². The summed E-state index contributed by atoms with van der Waals surface area (Å²) >= 11 is 3.32. The van der Waals surface area contributed by atoms with Gasteiger partial charge in [0.25, 0.3) is 0 Å². The summed E-state index contributed by atoms with van der Waals surface area (Å²) in [4.78, 5) is 25.9. The molecule has 0 saturated heterocycles. The van der Waals surface area contributed by atoms with Crippen LogP contribution in [0.2, 0.25) is 0 Å². The van der Waals surface area contributed by atoms with Gasteiger partial charge < -0.3 is 13.6 Å². The van der Waals surface area contributed by atoms with Crippen molar-refractivity contribution in [3.8, 4) is 17.3 Å². The van der Waals surface area contributed by atoms with E-state index >= 15 is 0 Å². The first-order chi connectivity index (χ1) is 13.4. The molecule has 4 rings (SSSR count). The van der Waals surface area contributed by atoms with E-state index in [4.69, 9.17) is 13.6 Å². The van der Waals surface area contributed by atoms with Crippen molar-refractivity contribution in [3.63, 3.8) is 0 Å². The van der Waals surface area contributed by atoms with Crippen LogP contribution in [0.1, 0.15) is 21.5 Å². The first-order valence-corrected chi connectivity index (χ1v) is 9.33. The Morgan fingerprint density at radius 1 is 1.07 bits per heavy atom. The smallest absolute Gasteiger partial charge is 0.343 e. The predicted octanol–water partition coefficient (Wildman–Crippen LogP) is 5.65. The average molecular weight is 439 g/mol. The lowest BCUT2D eigenvalue weighted by molar-refractivity contribution is 0.0731. The van der Waals surface area contributed by atoms with Crippen molar-refractivity contribution >= 4 is 32.9 Å². The lowest BCUT2D eigenvalue weighted by Crippen LogP contribution is -2.16. The maximum atomic E-state index is 13.2. The van der Waals surface area contributed by atoms with Crippen molar-refractivity contribution in [1.29, 1.82) is 0 Å². The highest BCUT2D eigenvalue weighted by Gasteiger charge is 2.23. The van der Waals surface area contributed by atoms with E-state index in [1.165, 1.54) is 6.26 Å². The molecule has 0 unspecified atom stereocenters. The van der Waals surface area contributed by atoms with E-state index < -0.39 is 11.4 Å². The Hall–Kier alpha value is -3.12. The number of fused-ring (bicyclic) bond motifs is 1. The van der Waals surface area contributed by atoms with Gasteiger partial charge in [-0.05, 0) is 61.4 Å². The lowest BCUT2D eigenvalue weighted by Gasteiger charge is -2.11. The van der Waals surface area contributed by atoms with E-state index in [0.29, 0.717) is 22.3 Å². The van der Waals surface area contributed by atoms with Crippen LogP contribution in [0.15, 0.2) is 72.9 Å². The maximum absolute atomic E-state index is 13.2. The molecule has 5 nitrogen and oxygen atoms in total. The van der Waals surface area contributed by atoms with Gasteiger partial charge in [0.15, 0.2) is 5.76 Å². The number of carbonyl (C=O) groups is 1. The zero-order valence-electron chi connectivity index (χ0n) is 15.1. The van der Waals surface area contributed by atoms with E-state index in [-0.39, 0.29) is 11.5 Å². The summed E-state index contributed by atoms with van der Waals surface area (Å²) in [6.07, 6.45) is 1.46. The molecule has 0 bridgehead atoms. The van der Waals surface area contributed by atoms with Crippen LogP contribution in [-0.4, -0.2) is 5.97 Å². The highest BCUT2D eigenvalue weighted by Crippen LogP contribution is 2.33. The number of hydrogen-bond donors (Lipinski definition) is 0. The van der Waals surface area contributed by atoms with Crippen LogP contribution < -0.4 is 10.2 Å². The fourth-order valence-corrected chi connectivity index (χ4v) is 3.46. The topological polar surface area (TPSA) is 69.7 Å². The fourth-order valence-electron chi connectivity index (χ4n) is 3.06. The van der Waals surface area contributed by atoms with Crippen LogP contribution in [0, 0.1) is 13.8 Å². The number of carbonyl (C=O) groups excluding carboxylic acids is 1. The predicted molar refractivity (Wildman–Crippen MR) is 109 cm³/mol. The normalized spacial score (nSPS) is 11.0. The van der Waals surface area contributed by atoms with Crippen molar-refractivity contribution in [2.24, 2.45) is 0 Å². The molecule has 28 heavy (non-hydrogen) atoms. The van der Waals surface area contributed by atoms with Gasteiger partial charge in [0.1, 0.15) is 5.58 Å². The minimum absolute atomic E-state index is 0.0813. The van der Waals surface area contributed by atoms with Crippen molar-refractivity contribution in [3.05, 3.63) is 86.2 Å². The summed E-state index contributed by atoms with van der Waals surface area (Å²) < 4.78 is 17.6. The van der Waals surface area contributed by atoms with Crippen LogP contribution in [0.3, 0.4) is 0 Å². The zero-order chi connectivity index (χ0) is 19.8. The molecule has 0 saturated carbocycles. The van der Waals surface area contributed by atoms with E-state index in [1.807, 2.05) is 19.9 Å². The van der Waals surface area contributed by atoms with E-state index in [9.17, 15) is 9.59 Å². The molecule has 140 valence electrons. The molecule has 0 N–H and O–H groups in total. The maximum Gasteiger partial charge on any atom is 0.343 e. The first kappa shape index (κ1) is 18.3. The molecular weight excluding hydrogens is 424 g/mol. The van der Waals surface area contributed by atoms with E-state index in [0.717, 1.165) is 15.6 Å². The standard InChI is InChI=1S/C22H15BrO5/c1-12-9-13(2)19-16(10-12)18(24)21(20(27-19)17-7-4-8-26-17)28-22(25)14-5-3-6-15(23)11-14/h3-11H,1-2H3. The van der Waals surface area contributed by atoms with Gasteiger partial charge in [-0.1, -0.05) is 28.1 Å². The molecule has 2 aromatic heterocycles. The van der Waals surface area contributed by atoms with Crippen LogP contribution in [0.25, 0.3) is 22.5 Å². The second-order valence-electron chi connectivity index (χ2n) is 6.43. The number of rotatable bonds is 3. The molecule has 4 aromatic rings. The molecule has 0 atom stereocenters. The molecule has 0 radical (unpaired) electrons. The van der Waals surface area contributed by atoms with Crippen LogP contribution in [0.4, 0.5) is 0 Å². The number of furan rings is 1. The van der Waals surface area contributed by atoms with Crippen molar-refractivity contribution in [1.82, 2.24) is 0 Å². The summed E-state index contributed by atoms with van der Waals surface area (Å²) in [6.45, 7) is 3.75. The largest absolute Gasteiger partial charge is 0.461 e. The molecule has 0 aliphatic rings. The van der Waals surface area contributed by atoms with Crippen molar-refractivity contribution < 1.29 is 18.4 Å². The number of hydrogen-bond acceptors (Lipinski definition) is 5. The second kappa shape index (κ2) is 7.13. The number of aryl methyl sites for hydroxylation is 2. The Morgan fingerprint density at radius 3 is 2.61 bits per heavy atom. The quantitative estimate of drug-likeness (QED) is 0.386. The van der Waals surface area contributed by atoms with E-state index in [1.54, 1.807) is 42.5 Å². The van der Waals surface area contributed by atoms with Gasteiger partial charge in [0, 0.05) is 4.47 Å². The fraction of sp³-hybridized carbons (Fsp3) is 0.0909. The Bertz CT molecular complexity index is 1250. The van der Waals surface area contributed by atoms with Gasteiger partial charge in [-0.25, -0.2) is 4.79 Å². The molecule has 0 fully saturated rings. The third-order valence-corrected chi connectivity index (χ3v) is 4.77. The Kier molecular flexibility index (Phi) is 4.65. The summed E-state index contributed by atoms with van der Waals surface area (Å²) in [6, 6.07) is 13.7. The zero-order valence-corrected chi connectivity index (χ0v) is 16.7. The molecule has 0 aliphatic carbocycles. The SMILES string of the molecule is Cc1cc(C)c2oc(-c3ccco3)c(OC(=O)c3cccc(Br)c3)c(=O)c2c1. The molecule has 0 aliphatic heterocycles. The third-order valence-electron chi connectivity index (χ3n) is 4.28. The Labute approximate surface area is 168 Å². The lowest BCUT2D eigenvalue weighted by atomic mass is 10.1. The van der Waals surface area contributed by atoms with Crippen LogP contribution in [0.5, 0.6) is 5.75 Å². The number of halogens is 1. The van der Waals surface area contributed by atoms with Crippen LogP contribution in [-0.2, 0) is 0 Å². The van der Waals surface area contributed by atoms with Gasteiger partial charge in [-0.3, -0.25) is 4.79 Å². The molecule has 2 heterocycles. The highest BCUT2D eigenvalue weighted by atomic mass is 79.9. The molecule has 6 heteroatoms. The summed E-state index contributed by atoms with van der Waals surface area (Å²) in [5.41, 5.74) is 2.03. The average Bonchev–Trinajstić information content (AvgIpc) is 3.18. The summed E-state index contributed by atoms with van der Waals surface area (Å²) in [5.74, 6) is -0.476. The molecule has 0 spiro atoms. The summed E-state index contributed by atoms with van der Waals surface area (Å²) in [5, 5.41) is 0.352. The number of esters is 1. The highest BCUT2D eigenvalue weighted by molar-refractivity contribution is 9.10. The monoisotopic (exact) mass is 438 g/mol. The summed E-state index contributed by atoms with van der Waals surface area (Å²) in [7, 11) is 0. The minimum Gasteiger partial charge on any atom is -0.461 e. The first-order valence-electron chi connectivity index (χ1n) is 8.53. The Morgan fingerprint density at radius 2 is 1.89 bits per heavy atom. The molecule has 2 aromatic carbocycles. The van der Waals surface area contributed by atoms with Gasteiger partial charge in [-0.2, -0.15) is 0 Å². The molecular formula is C22H15BrO5. The molecule has 0 amide bonds. The number of ether oxygens (including phenoxy) is 1. The minimum atomic E-state index is -0.662. The van der Waals surface area contributed by atoms with Gasteiger partial charge in [-0.15, -0.1) is 0 Å². The van der Waals surface area contributed by atoms with Gasteiger partial charge >= 0.3 is 5.97 Å².